The van der Waals surface area contributed by atoms with Crippen LogP contribution in [0.1, 0.15) is 44.7 Å². The normalized spacial score (nSPS) is 11.2. The maximum atomic E-state index is 11.9. The van der Waals surface area contributed by atoms with Crippen LogP contribution in [-0.2, 0) is 4.79 Å². The van der Waals surface area contributed by atoms with Crippen LogP contribution in [0.4, 0.5) is 5.82 Å². The molecular formula is C17H29N5O. The number of pyridine rings is 1. The van der Waals surface area contributed by atoms with Crippen molar-refractivity contribution in [3.63, 3.8) is 0 Å². The average molecular weight is 319 g/mol. The molecule has 0 spiro atoms. The first-order valence-electron chi connectivity index (χ1n) is 8.33. The Bertz CT molecular complexity index is 502. The predicted octanol–water partition coefficient (Wildman–Crippen LogP) is 2.46. The summed E-state index contributed by atoms with van der Waals surface area (Å²) in [4.78, 5) is 20.3. The number of aliphatic imine (C=N–C) groups is 1. The lowest BCUT2D eigenvalue weighted by Crippen LogP contribution is -2.39. The van der Waals surface area contributed by atoms with Crippen molar-refractivity contribution >= 4 is 17.7 Å². The smallest absolute Gasteiger partial charge is 0.227 e. The summed E-state index contributed by atoms with van der Waals surface area (Å²) in [7, 11) is 1.73. The fourth-order valence-electron chi connectivity index (χ4n) is 2.09. The minimum Gasteiger partial charge on any atom is -0.356 e. The van der Waals surface area contributed by atoms with E-state index >= 15 is 0 Å². The van der Waals surface area contributed by atoms with Crippen molar-refractivity contribution in [2.45, 2.75) is 46.0 Å². The Kier molecular flexibility index (Phi) is 9.43. The van der Waals surface area contributed by atoms with Crippen LogP contribution >= 0.6 is 0 Å². The lowest BCUT2D eigenvalue weighted by atomic mass is 10.2. The molecule has 1 aromatic rings. The first kappa shape index (κ1) is 18.9. The third kappa shape index (κ3) is 8.80. The zero-order chi connectivity index (χ0) is 16.9. The number of unbranched alkanes of at least 4 members (excludes halogenated alkanes) is 3. The van der Waals surface area contributed by atoms with Gasteiger partial charge in [0.2, 0.25) is 5.91 Å². The van der Waals surface area contributed by atoms with Crippen molar-refractivity contribution < 1.29 is 4.79 Å². The van der Waals surface area contributed by atoms with E-state index in [2.05, 4.69) is 32.9 Å². The number of hydrogen-bond donors (Lipinski definition) is 3. The summed E-state index contributed by atoms with van der Waals surface area (Å²) in [5.41, 5.74) is 0.883. The fraction of sp³-hybridized carbons (Fsp3) is 0.588. The van der Waals surface area contributed by atoms with Crippen LogP contribution in [0.2, 0.25) is 0 Å². The van der Waals surface area contributed by atoms with E-state index in [1.165, 1.54) is 19.3 Å². The zero-order valence-electron chi connectivity index (χ0n) is 14.5. The molecule has 0 aliphatic rings. The number of nitrogens with zero attached hydrogens (tertiary/aromatic N) is 2. The Balaban J connectivity index is 2.19. The summed E-state index contributed by atoms with van der Waals surface area (Å²) in [6.45, 7) is 5.53. The molecule has 1 rings (SSSR count). The first-order chi connectivity index (χ1) is 11.2. The highest BCUT2D eigenvalue weighted by Gasteiger charge is 2.04. The van der Waals surface area contributed by atoms with Gasteiger partial charge >= 0.3 is 0 Å². The average Bonchev–Trinajstić information content (AvgIpc) is 2.53. The molecule has 0 aliphatic heterocycles. The molecule has 128 valence electrons. The number of nitrogens with one attached hydrogen (secondary N) is 3. The lowest BCUT2D eigenvalue weighted by molar-refractivity contribution is -0.116. The van der Waals surface area contributed by atoms with Gasteiger partial charge in [-0.05, 0) is 25.5 Å². The maximum Gasteiger partial charge on any atom is 0.227 e. The van der Waals surface area contributed by atoms with Crippen LogP contribution in [0, 0.1) is 6.92 Å². The number of amides is 1. The molecule has 6 heteroatoms. The van der Waals surface area contributed by atoms with Gasteiger partial charge < -0.3 is 16.0 Å². The Morgan fingerprint density at radius 3 is 2.65 bits per heavy atom. The number of guanidine groups is 1. The van der Waals surface area contributed by atoms with E-state index in [0.717, 1.165) is 24.6 Å². The van der Waals surface area contributed by atoms with Crippen molar-refractivity contribution in [1.82, 2.24) is 15.6 Å². The second kappa shape index (κ2) is 11.5. The highest BCUT2D eigenvalue weighted by Crippen LogP contribution is 2.03. The zero-order valence-corrected chi connectivity index (χ0v) is 14.5. The van der Waals surface area contributed by atoms with Crippen molar-refractivity contribution in [1.29, 1.82) is 0 Å². The van der Waals surface area contributed by atoms with Gasteiger partial charge in [0, 0.05) is 32.3 Å². The van der Waals surface area contributed by atoms with Gasteiger partial charge in [0.25, 0.3) is 0 Å². The second-order valence-corrected chi connectivity index (χ2v) is 5.45. The quantitative estimate of drug-likeness (QED) is 0.371. The van der Waals surface area contributed by atoms with E-state index in [1.807, 2.05) is 19.1 Å². The maximum absolute atomic E-state index is 11.9. The monoisotopic (exact) mass is 319 g/mol. The number of aromatic nitrogens is 1. The van der Waals surface area contributed by atoms with Crippen molar-refractivity contribution in [3.8, 4) is 0 Å². The number of rotatable bonds is 9. The number of aryl methyl sites for hydroxylation is 1. The molecule has 23 heavy (non-hydrogen) atoms. The number of carbonyl (C=O) groups excluding carboxylic acids is 1. The molecule has 6 nitrogen and oxygen atoms in total. The third-order valence-electron chi connectivity index (χ3n) is 3.35. The molecule has 1 heterocycles. The summed E-state index contributed by atoms with van der Waals surface area (Å²) in [5, 5.41) is 9.19. The fourth-order valence-corrected chi connectivity index (χ4v) is 2.09. The first-order valence-corrected chi connectivity index (χ1v) is 8.33. The van der Waals surface area contributed by atoms with Gasteiger partial charge in [-0.2, -0.15) is 0 Å². The van der Waals surface area contributed by atoms with Crippen LogP contribution < -0.4 is 16.0 Å². The summed E-state index contributed by atoms with van der Waals surface area (Å²) < 4.78 is 0. The van der Waals surface area contributed by atoms with Gasteiger partial charge in [0.1, 0.15) is 5.82 Å². The Morgan fingerprint density at radius 1 is 1.17 bits per heavy atom. The summed E-state index contributed by atoms with van der Waals surface area (Å²) in [5.74, 6) is 1.27. The summed E-state index contributed by atoms with van der Waals surface area (Å²) >= 11 is 0. The van der Waals surface area contributed by atoms with E-state index in [9.17, 15) is 4.79 Å². The van der Waals surface area contributed by atoms with E-state index in [0.29, 0.717) is 18.8 Å². The largest absolute Gasteiger partial charge is 0.356 e. The second-order valence-electron chi connectivity index (χ2n) is 5.45. The molecule has 1 amide bonds. The van der Waals surface area contributed by atoms with E-state index in [-0.39, 0.29) is 5.91 Å². The summed E-state index contributed by atoms with van der Waals surface area (Å²) in [6.07, 6.45) is 5.23. The van der Waals surface area contributed by atoms with Crippen LogP contribution in [0.25, 0.3) is 0 Å². The number of anilines is 1. The molecule has 0 saturated heterocycles. The van der Waals surface area contributed by atoms with Crippen LogP contribution in [0.3, 0.4) is 0 Å². The number of carbonyl (C=O) groups is 1. The highest BCUT2D eigenvalue weighted by atomic mass is 16.1. The van der Waals surface area contributed by atoms with E-state index in [1.54, 1.807) is 13.1 Å². The van der Waals surface area contributed by atoms with E-state index in [4.69, 9.17) is 0 Å². The standard InChI is InChI=1S/C17H29N5O/c1-4-5-6-7-12-19-17(18-3)20-13-11-16(23)22-15-10-8-9-14(2)21-15/h8-10H,4-7,11-13H2,1-3H3,(H2,18,19,20)(H,21,22,23). The van der Waals surface area contributed by atoms with Crippen LogP contribution in [-0.4, -0.2) is 37.0 Å². The molecular weight excluding hydrogens is 290 g/mol. The van der Waals surface area contributed by atoms with Crippen molar-refractivity contribution in [2.75, 3.05) is 25.5 Å². The molecule has 1 aromatic heterocycles. The van der Waals surface area contributed by atoms with Gasteiger partial charge in [-0.25, -0.2) is 4.98 Å². The minimum absolute atomic E-state index is 0.0611. The SMILES string of the molecule is CCCCCCNC(=NC)NCCC(=O)Nc1cccc(C)n1. The molecule has 0 bridgehead atoms. The highest BCUT2D eigenvalue weighted by molar-refractivity contribution is 5.90. The number of hydrogen-bond acceptors (Lipinski definition) is 3. The topological polar surface area (TPSA) is 78.4 Å². The van der Waals surface area contributed by atoms with Crippen molar-refractivity contribution in [2.24, 2.45) is 4.99 Å². The van der Waals surface area contributed by atoms with E-state index < -0.39 is 0 Å². The van der Waals surface area contributed by atoms with Gasteiger partial charge in [-0.15, -0.1) is 0 Å². The Morgan fingerprint density at radius 2 is 1.96 bits per heavy atom. The minimum atomic E-state index is -0.0611. The Labute approximate surface area is 139 Å². The summed E-state index contributed by atoms with van der Waals surface area (Å²) in [6, 6.07) is 5.56. The molecule has 0 aromatic carbocycles. The van der Waals surface area contributed by atoms with Crippen molar-refractivity contribution in [3.05, 3.63) is 23.9 Å². The molecule has 0 atom stereocenters. The Hall–Kier alpha value is -2.11. The van der Waals surface area contributed by atoms with Gasteiger partial charge in [-0.1, -0.05) is 32.3 Å². The van der Waals surface area contributed by atoms with Crippen LogP contribution in [0.15, 0.2) is 23.2 Å². The molecule has 0 unspecified atom stereocenters. The molecule has 0 fully saturated rings. The molecule has 3 N–H and O–H groups in total. The molecule has 0 radical (unpaired) electrons. The predicted molar refractivity (Wildman–Crippen MR) is 95.7 cm³/mol. The van der Waals surface area contributed by atoms with Gasteiger partial charge in [0.05, 0.1) is 0 Å². The third-order valence-corrected chi connectivity index (χ3v) is 3.35. The van der Waals surface area contributed by atoms with Crippen LogP contribution in [0.5, 0.6) is 0 Å². The van der Waals surface area contributed by atoms with Gasteiger partial charge in [0.15, 0.2) is 5.96 Å². The molecule has 0 aliphatic carbocycles. The lowest BCUT2D eigenvalue weighted by Gasteiger charge is -2.11. The van der Waals surface area contributed by atoms with Gasteiger partial charge in [-0.3, -0.25) is 9.79 Å². The molecule has 0 saturated carbocycles.